The van der Waals surface area contributed by atoms with E-state index < -0.39 is 11.9 Å². The predicted molar refractivity (Wildman–Crippen MR) is 81.1 cm³/mol. The number of hydrogen-bond donors (Lipinski definition) is 1. The molecule has 1 fully saturated rings. The van der Waals surface area contributed by atoms with E-state index in [4.69, 9.17) is 16.7 Å². The lowest BCUT2D eigenvalue weighted by Crippen LogP contribution is -2.39. The second-order valence-corrected chi connectivity index (χ2v) is 5.97. The van der Waals surface area contributed by atoms with Crippen LogP contribution in [0.2, 0.25) is 5.15 Å². The Labute approximate surface area is 132 Å². The van der Waals surface area contributed by atoms with Gasteiger partial charge in [0.2, 0.25) is 0 Å². The highest BCUT2D eigenvalue weighted by Crippen LogP contribution is 2.30. The fourth-order valence-corrected chi connectivity index (χ4v) is 2.71. The Morgan fingerprint density at radius 2 is 2.23 bits per heavy atom. The minimum atomic E-state index is -0.914. The zero-order valence-corrected chi connectivity index (χ0v) is 12.8. The summed E-state index contributed by atoms with van der Waals surface area (Å²) >= 11 is 6.13. The molecule has 116 valence electrons. The SMILES string of the molecule is C[C@@H](CN(C(=O)c1c(Cl)nc2ccccn12)C1CC1)C(=O)O. The molecule has 1 saturated carbocycles. The summed E-state index contributed by atoms with van der Waals surface area (Å²) in [6, 6.07) is 5.48. The van der Waals surface area contributed by atoms with Gasteiger partial charge in [-0.25, -0.2) is 4.98 Å². The van der Waals surface area contributed by atoms with Gasteiger partial charge in [-0.1, -0.05) is 24.6 Å². The van der Waals surface area contributed by atoms with E-state index in [9.17, 15) is 9.59 Å². The van der Waals surface area contributed by atoms with Gasteiger partial charge in [-0.2, -0.15) is 0 Å². The number of carboxylic acid groups (broad SMARTS) is 1. The smallest absolute Gasteiger partial charge is 0.308 e. The van der Waals surface area contributed by atoms with Gasteiger partial charge in [-0.05, 0) is 25.0 Å². The van der Waals surface area contributed by atoms with Crippen molar-refractivity contribution in [2.24, 2.45) is 5.92 Å². The molecule has 3 rings (SSSR count). The number of hydrogen-bond acceptors (Lipinski definition) is 3. The van der Waals surface area contributed by atoms with E-state index in [-0.39, 0.29) is 23.6 Å². The van der Waals surface area contributed by atoms with E-state index in [0.29, 0.717) is 11.3 Å². The third kappa shape index (κ3) is 2.66. The molecule has 0 aromatic carbocycles. The fourth-order valence-electron chi connectivity index (χ4n) is 2.45. The van der Waals surface area contributed by atoms with Crippen LogP contribution in [-0.2, 0) is 4.79 Å². The van der Waals surface area contributed by atoms with Gasteiger partial charge in [0.15, 0.2) is 10.8 Å². The minimum absolute atomic E-state index is 0.0969. The Bertz CT molecular complexity index is 739. The number of aliphatic carboxylic acids is 1. The van der Waals surface area contributed by atoms with Crippen molar-refractivity contribution >= 4 is 29.1 Å². The number of carboxylic acids is 1. The molecule has 1 N–H and O–H groups in total. The Morgan fingerprint density at radius 1 is 1.50 bits per heavy atom. The van der Waals surface area contributed by atoms with Gasteiger partial charge in [-0.3, -0.25) is 14.0 Å². The first-order valence-corrected chi connectivity index (χ1v) is 7.53. The van der Waals surface area contributed by atoms with Gasteiger partial charge in [0.25, 0.3) is 5.91 Å². The number of carbonyl (C=O) groups excluding carboxylic acids is 1. The molecule has 2 heterocycles. The van der Waals surface area contributed by atoms with Crippen LogP contribution in [-0.4, -0.2) is 43.9 Å². The molecule has 1 aliphatic carbocycles. The van der Waals surface area contributed by atoms with Crippen LogP contribution < -0.4 is 0 Å². The average Bonchev–Trinajstić information content (AvgIpc) is 3.25. The molecule has 7 heteroatoms. The third-order valence-electron chi connectivity index (χ3n) is 3.83. The molecule has 0 spiro atoms. The summed E-state index contributed by atoms with van der Waals surface area (Å²) in [4.78, 5) is 29.7. The number of amides is 1. The highest BCUT2D eigenvalue weighted by atomic mass is 35.5. The third-order valence-corrected chi connectivity index (χ3v) is 4.09. The van der Waals surface area contributed by atoms with E-state index in [0.717, 1.165) is 12.8 Å². The van der Waals surface area contributed by atoms with Crippen LogP contribution in [0, 0.1) is 5.92 Å². The van der Waals surface area contributed by atoms with Crippen molar-refractivity contribution in [3.8, 4) is 0 Å². The summed E-state index contributed by atoms with van der Waals surface area (Å²) in [7, 11) is 0. The molecule has 1 aliphatic rings. The normalized spacial score (nSPS) is 15.7. The van der Waals surface area contributed by atoms with Gasteiger partial charge in [0, 0.05) is 18.8 Å². The van der Waals surface area contributed by atoms with Gasteiger partial charge < -0.3 is 10.0 Å². The van der Waals surface area contributed by atoms with Gasteiger partial charge in [-0.15, -0.1) is 0 Å². The molecule has 6 nitrogen and oxygen atoms in total. The summed E-state index contributed by atoms with van der Waals surface area (Å²) in [5.74, 6) is -1.80. The first-order valence-electron chi connectivity index (χ1n) is 7.15. The van der Waals surface area contributed by atoms with E-state index in [2.05, 4.69) is 4.98 Å². The maximum absolute atomic E-state index is 12.9. The quantitative estimate of drug-likeness (QED) is 0.917. The number of carbonyl (C=O) groups is 2. The summed E-state index contributed by atoms with van der Waals surface area (Å²) in [6.45, 7) is 1.77. The zero-order valence-electron chi connectivity index (χ0n) is 12.1. The molecule has 2 aromatic heterocycles. The number of pyridine rings is 1. The first-order chi connectivity index (χ1) is 10.5. The maximum atomic E-state index is 12.9. The number of nitrogens with zero attached hydrogens (tertiary/aromatic N) is 3. The standard InChI is InChI=1S/C15H16ClN3O3/c1-9(15(21)22)8-19(10-5-6-10)14(20)12-13(16)17-11-4-2-3-7-18(11)12/h2-4,7,9-10H,5-6,8H2,1H3,(H,21,22)/t9-/m0/s1. The molecule has 2 aromatic rings. The lowest BCUT2D eigenvalue weighted by atomic mass is 10.1. The Balaban J connectivity index is 1.95. The molecular formula is C15H16ClN3O3. The van der Waals surface area contributed by atoms with Crippen molar-refractivity contribution in [3.05, 3.63) is 35.2 Å². The van der Waals surface area contributed by atoms with Crippen molar-refractivity contribution in [2.75, 3.05) is 6.54 Å². The summed E-state index contributed by atoms with van der Waals surface area (Å²) in [5.41, 5.74) is 0.889. The van der Waals surface area contributed by atoms with Crippen LogP contribution in [0.25, 0.3) is 5.65 Å². The largest absolute Gasteiger partial charge is 0.481 e. The van der Waals surface area contributed by atoms with Crippen LogP contribution in [0.15, 0.2) is 24.4 Å². The number of rotatable bonds is 5. The second kappa shape index (κ2) is 5.61. The number of halogens is 1. The molecule has 0 unspecified atom stereocenters. The second-order valence-electron chi connectivity index (χ2n) is 5.61. The van der Waals surface area contributed by atoms with Gasteiger partial charge in [0.05, 0.1) is 5.92 Å². The summed E-state index contributed by atoms with van der Waals surface area (Å²) < 4.78 is 1.64. The van der Waals surface area contributed by atoms with E-state index in [1.165, 1.54) is 0 Å². The Hall–Kier alpha value is -2.08. The molecule has 0 bridgehead atoms. The Kier molecular flexibility index (Phi) is 3.78. The predicted octanol–water partition coefficient (Wildman–Crippen LogP) is 2.31. The van der Waals surface area contributed by atoms with E-state index in [1.807, 2.05) is 6.07 Å². The maximum Gasteiger partial charge on any atom is 0.308 e. The van der Waals surface area contributed by atoms with Crippen LogP contribution in [0.4, 0.5) is 0 Å². The van der Waals surface area contributed by atoms with Crippen LogP contribution in [0.5, 0.6) is 0 Å². The summed E-state index contributed by atoms with van der Waals surface area (Å²) in [6.07, 6.45) is 3.52. The molecule has 0 aliphatic heterocycles. The lowest BCUT2D eigenvalue weighted by molar-refractivity contribution is -0.141. The molecule has 0 saturated heterocycles. The summed E-state index contributed by atoms with van der Waals surface area (Å²) in [5, 5.41) is 9.23. The Morgan fingerprint density at radius 3 is 2.86 bits per heavy atom. The van der Waals surface area contributed by atoms with E-state index >= 15 is 0 Å². The van der Waals surface area contributed by atoms with Crippen molar-refractivity contribution < 1.29 is 14.7 Å². The molecular weight excluding hydrogens is 306 g/mol. The van der Waals surface area contributed by atoms with Crippen molar-refractivity contribution in [1.29, 1.82) is 0 Å². The van der Waals surface area contributed by atoms with Crippen LogP contribution in [0.3, 0.4) is 0 Å². The fraction of sp³-hybridized carbons (Fsp3) is 0.400. The molecule has 1 atom stereocenters. The number of fused-ring (bicyclic) bond motifs is 1. The van der Waals surface area contributed by atoms with Crippen LogP contribution >= 0.6 is 11.6 Å². The van der Waals surface area contributed by atoms with E-state index in [1.54, 1.807) is 34.6 Å². The van der Waals surface area contributed by atoms with Crippen molar-refractivity contribution in [3.63, 3.8) is 0 Å². The zero-order chi connectivity index (χ0) is 15.9. The van der Waals surface area contributed by atoms with Crippen molar-refractivity contribution in [1.82, 2.24) is 14.3 Å². The molecule has 0 radical (unpaired) electrons. The number of imidazole rings is 1. The molecule has 1 amide bonds. The van der Waals surface area contributed by atoms with Gasteiger partial charge >= 0.3 is 5.97 Å². The first kappa shape index (κ1) is 14.8. The lowest BCUT2D eigenvalue weighted by Gasteiger charge is -2.24. The number of aromatic nitrogens is 2. The van der Waals surface area contributed by atoms with Gasteiger partial charge in [0.1, 0.15) is 5.65 Å². The monoisotopic (exact) mass is 321 g/mol. The molecule has 22 heavy (non-hydrogen) atoms. The average molecular weight is 322 g/mol. The topological polar surface area (TPSA) is 74.9 Å². The van der Waals surface area contributed by atoms with Crippen LogP contribution in [0.1, 0.15) is 30.3 Å². The highest BCUT2D eigenvalue weighted by Gasteiger charge is 2.36. The van der Waals surface area contributed by atoms with Crippen molar-refractivity contribution in [2.45, 2.75) is 25.8 Å². The highest BCUT2D eigenvalue weighted by molar-refractivity contribution is 6.32. The minimum Gasteiger partial charge on any atom is -0.481 e.